The summed E-state index contributed by atoms with van der Waals surface area (Å²) in [5.41, 5.74) is 2.37. The van der Waals surface area contributed by atoms with Crippen LogP contribution in [0.3, 0.4) is 0 Å². The summed E-state index contributed by atoms with van der Waals surface area (Å²) in [6.07, 6.45) is 1.51. The van der Waals surface area contributed by atoms with Crippen molar-refractivity contribution in [2.45, 2.75) is 6.92 Å². The quantitative estimate of drug-likeness (QED) is 0.195. The zero-order chi connectivity index (χ0) is 22.7. The van der Waals surface area contributed by atoms with Crippen LogP contribution in [-0.4, -0.2) is 22.8 Å². The Morgan fingerprint density at radius 2 is 1.78 bits per heavy atom. The molecule has 0 spiro atoms. The predicted octanol–water partition coefficient (Wildman–Crippen LogP) is 4.47. The summed E-state index contributed by atoms with van der Waals surface area (Å²) < 4.78 is 10.5. The minimum Gasteiger partial charge on any atom is -0.423 e. The molecule has 0 bridgehead atoms. The average Bonchev–Trinajstić information content (AvgIpc) is 3.16. The number of nitrogens with zero attached hydrogens (tertiary/aromatic N) is 2. The van der Waals surface area contributed by atoms with Crippen molar-refractivity contribution < 1.29 is 24.0 Å². The molecule has 32 heavy (non-hydrogen) atoms. The fraction of sp³-hybridized carbons (Fsp3) is 0.0417. The number of nitro groups is 1. The lowest BCUT2D eigenvalue weighted by molar-refractivity contribution is -0.384. The Morgan fingerprint density at radius 3 is 2.47 bits per heavy atom. The van der Waals surface area contributed by atoms with Crippen molar-refractivity contribution in [2.75, 3.05) is 0 Å². The van der Waals surface area contributed by atoms with Crippen molar-refractivity contribution in [1.29, 1.82) is 0 Å². The van der Waals surface area contributed by atoms with Crippen molar-refractivity contribution in [3.63, 3.8) is 0 Å². The lowest BCUT2D eigenvalue weighted by Crippen LogP contribution is -2.08. The third-order valence-corrected chi connectivity index (χ3v) is 4.61. The van der Waals surface area contributed by atoms with Gasteiger partial charge in [-0.05, 0) is 48.9 Å². The van der Waals surface area contributed by atoms with E-state index < -0.39 is 16.9 Å². The number of non-ortho nitro benzene ring substituents is 1. The van der Waals surface area contributed by atoms with Crippen LogP contribution >= 0.6 is 0 Å². The number of cyclic esters (lactones) is 1. The van der Waals surface area contributed by atoms with E-state index in [1.807, 2.05) is 19.1 Å². The summed E-state index contributed by atoms with van der Waals surface area (Å²) in [6.45, 7) is 1.93. The first-order valence-corrected chi connectivity index (χ1v) is 9.55. The smallest absolute Gasteiger partial charge is 0.363 e. The van der Waals surface area contributed by atoms with Crippen LogP contribution in [0.5, 0.6) is 5.75 Å². The predicted molar refractivity (Wildman–Crippen MR) is 116 cm³/mol. The molecule has 8 nitrogen and oxygen atoms in total. The minimum absolute atomic E-state index is 0.00593. The molecular formula is C24H16N2O6. The van der Waals surface area contributed by atoms with Gasteiger partial charge in [0.1, 0.15) is 5.75 Å². The lowest BCUT2D eigenvalue weighted by Gasteiger charge is -2.05. The van der Waals surface area contributed by atoms with Crippen LogP contribution in [0.1, 0.15) is 27.0 Å². The van der Waals surface area contributed by atoms with Gasteiger partial charge in [-0.1, -0.05) is 35.9 Å². The van der Waals surface area contributed by atoms with E-state index in [1.165, 1.54) is 24.3 Å². The molecule has 0 aromatic heterocycles. The molecule has 0 N–H and O–H groups in total. The molecule has 0 saturated carbocycles. The molecule has 1 aliphatic heterocycles. The highest BCUT2D eigenvalue weighted by molar-refractivity contribution is 6.13. The maximum atomic E-state index is 12.2. The van der Waals surface area contributed by atoms with E-state index in [9.17, 15) is 19.7 Å². The molecule has 1 aliphatic rings. The molecule has 158 valence electrons. The first-order valence-electron chi connectivity index (χ1n) is 9.55. The van der Waals surface area contributed by atoms with Gasteiger partial charge >= 0.3 is 11.9 Å². The summed E-state index contributed by atoms with van der Waals surface area (Å²) in [6, 6.07) is 19.3. The second-order valence-corrected chi connectivity index (χ2v) is 6.97. The summed E-state index contributed by atoms with van der Waals surface area (Å²) in [4.78, 5) is 38.9. The Bertz CT molecular complexity index is 1270. The zero-order valence-corrected chi connectivity index (χ0v) is 16.8. The number of hydrogen-bond donors (Lipinski definition) is 0. The van der Waals surface area contributed by atoms with Gasteiger partial charge in [-0.25, -0.2) is 14.6 Å². The van der Waals surface area contributed by atoms with Gasteiger partial charge < -0.3 is 9.47 Å². The molecule has 3 aromatic carbocycles. The molecule has 8 heteroatoms. The van der Waals surface area contributed by atoms with Gasteiger partial charge in [0.2, 0.25) is 5.90 Å². The second-order valence-electron chi connectivity index (χ2n) is 6.97. The van der Waals surface area contributed by atoms with Crippen molar-refractivity contribution in [3.8, 4) is 5.75 Å². The number of benzene rings is 3. The van der Waals surface area contributed by atoms with Crippen molar-refractivity contribution in [3.05, 3.63) is 111 Å². The first-order chi connectivity index (χ1) is 15.4. The van der Waals surface area contributed by atoms with E-state index in [1.54, 1.807) is 42.5 Å². The van der Waals surface area contributed by atoms with Crippen molar-refractivity contribution >= 4 is 29.6 Å². The van der Waals surface area contributed by atoms with Crippen molar-refractivity contribution in [1.82, 2.24) is 0 Å². The number of esters is 2. The third-order valence-electron chi connectivity index (χ3n) is 4.61. The van der Waals surface area contributed by atoms with E-state index >= 15 is 0 Å². The Kier molecular flexibility index (Phi) is 5.59. The SMILES string of the molecule is Cc1ccc(C(=O)Oc2ccc(/C=C3\N=C(c4cccc([N+](=O)[O-])c4)OC3=O)cc2)cc1. The Labute approximate surface area is 182 Å². The topological polar surface area (TPSA) is 108 Å². The molecular weight excluding hydrogens is 412 g/mol. The number of carbonyl (C=O) groups is 2. The van der Waals surface area contributed by atoms with Crippen LogP contribution in [0.4, 0.5) is 5.69 Å². The van der Waals surface area contributed by atoms with Gasteiger partial charge in [0, 0.05) is 17.7 Å². The van der Waals surface area contributed by atoms with Crippen LogP contribution in [-0.2, 0) is 9.53 Å². The molecule has 0 unspecified atom stereocenters. The van der Waals surface area contributed by atoms with E-state index in [0.717, 1.165) is 5.56 Å². The minimum atomic E-state index is -0.665. The normalized spacial score (nSPS) is 14.1. The fourth-order valence-electron chi connectivity index (χ4n) is 2.93. The Balaban J connectivity index is 1.49. The van der Waals surface area contributed by atoms with Crippen LogP contribution in [0.2, 0.25) is 0 Å². The molecule has 3 aromatic rings. The summed E-state index contributed by atoms with van der Waals surface area (Å²) >= 11 is 0. The summed E-state index contributed by atoms with van der Waals surface area (Å²) in [5, 5.41) is 10.9. The molecule has 1 heterocycles. The number of hydrogen-bond acceptors (Lipinski definition) is 7. The fourth-order valence-corrected chi connectivity index (χ4v) is 2.93. The summed E-state index contributed by atoms with van der Waals surface area (Å²) in [5.74, 6) is -0.788. The number of rotatable bonds is 5. The average molecular weight is 428 g/mol. The largest absolute Gasteiger partial charge is 0.423 e. The monoisotopic (exact) mass is 428 g/mol. The van der Waals surface area contributed by atoms with Gasteiger partial charge in [-0.3, -0.25) is 10.1 Å². The van der Waals surface area contributed by atoms with Crippen LogP contribution in [0, 0.1) is 17.0 Å². The molecule has 0 fully saturated rings. The molecule has 0 radical (unpaired) electrons. The Morgan fingerprint density at radius 1 is 1.06 bits per heavy atom. The van der Waals surface area contributed by atoms with Crippen molar-refractivity contribution in [2.24, 2.45) is 4.99 Å². The first kappa shape index (κ1) is 20.7. The molecule has 4 rings (SSSR count). The molecule has 0 atom stereocenters. The van der Waals surface area contributed by atoms with E-state index in [0.29, 0.717) is 22.4 Å². The number of aliphatic imine (C=N–C) groups is 1. The van der Waals surface area contributed by atoms with Gasteiger partial charge in [-0.2, -0.15) is 0 Å². The van der Waals surface area contributed by atoms with Gasteiger partial charge in [0.25, 0.3) is 5.69 Å². The highest BCUT2D eigenvalue weighted by atomic mass is 16.6. The highest BCUT2D eigenvalue weighted by Crippen LogP contribution is 2.23. The number of carbonyl (C=O) groups excluding carboxylic acids is 2. The molecule has 0 saturated heterocycles. The van der Waals surface area contributed by atoms with Crippen LogP contribution in [0.15, 0.2) is 83.5 Å². The standard InChI is InChI=1S/C24H16N2O6/c1-15-5-9-17(10-6-15)23(27)31-20-11-7-16(8-12-20)13-21-24(28)32-22(25-21)18-3-2-4-19(14-18)26(29)30/h2-14H,1H3/b21-13-. The Hall–Kier alpha value is -4.59. The molecule has 0 amide bonds. The third kappa shape index (κ3) is 4.59. The number of ether oxygens (including phenoxy) is 2. The zero-order valence-electron chi connectivity index (χ0n) is 16.8. The maximum Gasteiger partial charge on any atom is 0.363 e. The number of nitro benzene ring substituents is 1. The van der Waals surface area contributed by atoms with E-state index in [4.69, 9.17) is 9.47 Å². The van der Waals surface area contributed by atoms with E-state index in [-0.39, 0.29) is 17.3 Å². The van der Waals surface area contributed by atoms with Gasteiger partial charge in [-0.15, -0.1) is 0 Å². The van der Waals surface area contributed by atoms with Gasteiger partial charge in [0.05, 0.1) is 10.5 Å². The maximum absolute atomic E-state index is 12.2. The summed E-state index contributed by atoms with van der Waals surface area (Å²) in [7, 11) is 0. The van der Waals surface area contributed by atoms with Gasteiger partial charge in [0.15, 0.2) is 5.70 Å². The van der Waals surface area contributed by atoms with Crippen LogP contribution < -0.4 is 4.74 Å². The highest BCUT2D eigenvalue weighted by Gasteiger charge is 2.25. The second kappa shape index (κ2) is 8.65. The lowest BCUT2D eigenvalue weighted by atomic mass is 10.1. The van der Waals surface area contributed by atoms with Crippen LogP contribution in [0.25, 0.3) is 6.08 Å². The van der Waals surface area contributed by atoms with E-state index in [2.05, 4.69) is 4.99 Å². The molecule has 0 aliphatic carbocycles. The number of aryl methyl sites for hydroxylation is 1.